The second kappa shape index (κ2) is 9.67. The van der Waals surface area contributed by atoms with E-state index in [1.807, 2.05) is 56.3 Å². The smallest absolute Gasteiger partial charge is 0.246 e. The van der Waals surface area contributed by atoms with Gasteiger partial charge >= 0.3 is 0 Å². The predicted octanol–water partition coefficient (Wildman–Crippen LogP) is 4.34. The molecule has 1 unspecified atom stereocenters. The van der Waals surface area contributed by atoms with Gasteiger partial charge in [-0.25, -0.2) is 0 Å². The van der Waals surface area contributed by atoms with Crippen molar-refractivity contribution < 1.29 is 19.0 Å². The van der Waals surface area contributed by atoms with Crippen LogP contribution in [0.4, 0.5) is 0 Å². The predicted molar refractivity (Wildman–Crippen MR) is 107 cm³/mol. The van der Waals surface area contributed by atoms with Gasteiger partial charge in [0.05, 0.1) is 26.9 Å². The molecule has 0 aliphatic carbocycles. The summed E-state index contributed by atoms with van der Waals surface area (Å²) in [6, 6.07) is 13.3. The Morgan fingerprint density at radius 2 is 1.78 bits per heavy atom. The fraction of sp³-hybridized carbons (Fsp3) is 0.318. The summed E-state index contributed by atoms with van der Waals surface area (Å²) in [4.78, 5) is 14.2. The lowest BCUT2D eigenvalue weighted by atomic mass is 10.1. The second-order valence-corrected chi connectivity index (χ2v) is 6.07. The highest BCUT2D eigenvalue weighted by Gasteiger charge is 2.15. The van der Waals surface area contributed by atoms with Gasteiger partial charge in [-0.3, -0.25) is 4.79 Å². The lowest BCUT2D eigenvalue weighted by Crippen LogP contribution is -2.27. The summed E-state index contributed by atoms with van der Waals surface area (Å²) in [5, 5.41) is 0. The zero-order chi connectivity index (χ0) is 19.8. The molecule has 1 amide bonds. The van der Waals surface area contributed by atoms with E-state index < -0.39 is 0 Å². The van der Waals surface area contributed by atoms with Crippen LogP contribution in [0.2, 0.25) is 0 Å². The standard InChI is InChI=1S/C22H27NO4/c1-6-27-20-13-7-17(15-21(20)26-5)8-14-22(24)23(3)16(2)18-9-11-19(25-4)12-10-18/h7-16H,6H2,1-5H3/b14-8+. The SMILES string of the molecule is CCOc1ccc(/C=C/C(=O)N(C)C(C)c2ccc(OC)cc2)cc1OC. The molecule has 0 fully saturated rings. The van der Waals surface area contributed by atoms with Crippen LogP contribution in [0.25, 0.3) is 6.08 Å². The maximum absolute atomic E-state index is 12.5. The maximum atomic E-state index is 12.5. The molecule has 0 bridgehead atoms. The van der Waals surface area contributed by atoms with Gasteiger partial charge < -0.3 is 19.1 Å². The first-order chi connectivity index (χ1) is 13.0. The molecule has 144 valence electrons. The zero-order valence-corrected chi connectivity index (χ0v) is 16.6. The lowest BCUT2D eigenvalue weighted by Gasteiger charge is -2.24. The highest BCUT2D eigenvalue weighted by atomic mass is 16.5. The molecule has 5 nitrogen and oxygen atoms in total. The number of benzene rings is 2. The number of hydrogen-bond acceptors (Lipinski definition) is 4. The summed E-state index contributed by atoms with van der Waals surface area (Å²) in [5.41, 5.74) is 1.91. The fourth-order valence-corrected chi connectivity index (χ4v) is 2.64. The van der Waals surface area contributed by atoms with Crippen molar-refractivity contribution >= 4 is 12.0 Å². The van der Waals surface area contributed by atoms with Crippen LogP contribution in [-0.4, -0.2) is 38.7 Å². The maximum Gasteiger partial charge on any atom is 0.246 e. The van der Waals surface area contributed by atoms with Crippen molar-refractivity contribution in [3.8, 4) is 17.2 Å². The molecule has 0 saturated heterocycles. The number of carbonyl (C=O) groups is 1. The lowest BCUT2D eigenvalue weighted by molar-refractivity contribution is -0.126. The van der Waals surface area contributed by atoms with Crippen LogP contribution < -0.4 is 14.2 Å². The zero-order valence-electron chi connectivity index (χ0n) is 16.6. The van der Waals surface area contributed by atoms with Gasteiger partial charge in [0.2, 0.25) is 5.91 Å². The quantitative estimate of drug-likeness (QED) is 0.650. The van der Waals surface area contributed by atoms with E-state index in [1.165, 1.54) is 0 Å². The largest absolute Gasteiger partial charge is 0.497 e. The first-order valence-corrected chi connectivity index (χ1v) is 8.89. The third-order valence-electron chi connectivity index (χ3n) is 4.43. The Labute approximate surface area is 161 Å². The molecule has 2 aromatic carbocycles. The molecule has 2 aromatic rings. The van der Waals surface area contributed by atoms with Crippen molar-refractivity contribution in [1.29, 1.82) is 0 Å². The monoisotopic (exact) mass is 369 g/mol. The summed E-state index contributed by atoms with van der Waals surface area (Å²) in [7, 11) is 5.02. The van der Waals surface area contributed by atoms with E-state index in [2.05, 4.69) is 0 Å². The molecule has 0 aliphatic heterocycles. The van der Waals surface area contributed by atoms with Gasteiger partial charge in [-0.05, 0) is 55.3 Å². The average molecular weight is 369 g/mol. The number of hydrogen-bond donors (Lipinski definition) is 0. The van der Waals surface area contributed by atoms with Crippen molar-refractivity contribution in [1.82, 2.24) is 4.90 Å². The molecule has 0 radical (unpaired) electrons. The van der Waals surface area contributed by atoms with Crippen molar-refractivity contribution in [3.05, 3.63) is 59.7 Å². The van der Waals surface area contributed by atoms with Gasteiger partial charge in [-0.2, -0.15) is 0 Å². The van der Waals surface area contributed by atoms with Gasteiger partial charge in [0.1, 0.15) is 5.75 Å². The highest BCUT2D eigenvalue weighted by Crippen LogP contribution is 2.28. The number of rotatable bonds is 8. The Bertz CT molecular complexity index is 783. The van der Waals surface area contributed by atoms with Crippen LogP contribution >= 0.6 is 0 Å². The molecule has 2 rings (SSSR count). The topological polar surface area (TPSA) is 48.0 Å². The summed E-state index contributed by atoms with van der Waals surface area (Å²) in [6.07, 6.45) is 3.34. The first-order valence-electron chi connectivity index (χ1n) is 8.89. The van der Waals surface area contributed by atoms with Crippen LogP contribution in [0, 0.1) is 0 Å². The van der Waals surface area contributed by atoms with Crippen LogP contribution in [0.5, 0.6) is 17.2 Å². The van der Waals surface area contributed by atoms with Gasteiger partial charge in [-0.15, -0.1) is 0 Å². The molecule has 0 N–H and O–H groups in total. The highest BCUT2D eigenvalue weighted by molar-refractivity contribution is 5.92. The molecule has 27 heavy (non-hydrogen) atoms. The molecule has 0 aromatic heterocycles. The van der Waals surface area contributed by atoms with Crippen LogP contribution in [0.1, 0.15) is 31.0 Å². The Morgan fingerprint density at radius 1 is 1.07 bits per heavy atom. The molecule has 1 atom stereocenters. The van der Waals surface area contributed by atoms with E-state index >= 15 is 0 Å². The Balaban J connectivity index is 2.08. The molecule has 5 heteroatoms. The van der Waals surface area contributed by atoms with E-state index in [1.54, 1.807) is 38.3 Å². The van der Waals surface area contributed by atoms with E-state index in [0.717, 1.165) is 16.9 Å². The van der Waals surface area contributed by atoms with Crippen molar-refractivity contribution in [2.45, 2.75) is 19.9 Å². The van der Waals surface area contributed by atoms with Gasteiger partial charge in [0.15, 0.2) is 11.5 Å². The minimum atomic E-state index is -0.0776. The number of methoxy groups -OCH3 is 2. The van der Waals surface area contributed by atoms with Crippen molar-refractivity contribution in [2.75, 3.05) is 27.9 Å². The van der Waals surface area contributed by atoms with Crippen LogP contribution in [0.3, 0.4) is 0 Å². The first kappa shape index (κ1) is 20.4. The summed E-state index contributed by atoms with van der Waals surface area (Å²) >= 11 is 0. The third-order valence-corrected chi connectivity index (χ3v) is 4.43. The molecule has 0 spiro atoms. The van der Waals surface area contributed by atoms with Gasteiger partial charge in [0, 0.05) is 13.1 Å². The molecule has 0 heterocycles. The number of nitrogens with zero attached hydrogens (tertiary/aromatic N) is 1. The molecule has 0 saturated carbocycles. The summed E-state index contributed by atoms with van der Waals surface area (Å²) in [5.74, 6) is 2.05. The average Bonchev–Trinajstić information content (AvgIpc) is 2.71. The Morgan fingerprint density at radius 3 is 2.37 bits per heavy atom. The number of amides is 1. The second-order valence-electron chi connectivity index (χ2n) is 6.07. The number of carbonyl (C=O) groups excluding carboxylic acids is 1. The van der Waals surface area contributed by atoms with E-state index in [0.29, 0.717) is 18.1 Å². The van der Waals surface area contributed by atoms with Crippen LogP contribution in [0.15, 0.2) is 48.5 Å². The Hall–Kier alpha value is -2.95. The summed E-state index contributed by atoms with van der Waals surface area (Å²) in [6.45, 7) is 4.48. The van der Waals surface area contributed by atoms with E-state index in [4.69, 9.17) is 14.2 Å². The Kier molecular flexibility index (Phi) is 7.29. The van der Waals surface area contributed by atoms with Gasteiger partial charge in [-0.1, -0.05) is 18.2 Å². The third kappa shape index (κ3) is 5.26. The van der Waals surface area contributed by atoms with Crippen LogP contribution in [-0.2, 0) is 4.79 Å². The van der Waals surface area contributed by atoms with Crippen molar-refractivity contribution in [3.63, 3.8) is 0 Å². The summed E-state index contributed by atoms with van der Waals surface area (Å²) < 4.78 is 16.0. The normalized spacial score (nSPS) is 11.9. The molecule has 0 aliphatic rings. The molecular weight excluding hydrogens is 342 g/mol. The minimum Gasteiger partial charge on any atom is -0.497 e. The van der Waals surface area contributed by atoms with Crippen molar-refractivity contribution in [2.24, 2.45) is 0 Å². The fourth-order valence-electron chi connectivity index (χ4n) is 2.64. The number of likely N-dealkylation sites (N-methyl/N-ethyl adjacent to an activating group) is 1. The van der Waals surface area contributed by atoms with Gasteiger partial charge in [0.25, 0.3) is 0 Å². The minimum absolute atomic E-state index is 0.0528. The van der Waals surface area contributed by atoms with E-state index in [9.17, 15) is 4.79 Å². The molecular formula is C22H27NO4. The van der Waals surface area contributed by atoms with E-state index in [-0.39, 0.29) is 11.9 Å². The number of ether oxygens (including phenoxy) is 3.